The largest absolute Gasteiger partial charge is 0.465 e. The van der Waals surface area contributed by atoms with Crippen LogP contribution in [0.25, 0.3) is 0 Å². The molecule has 0 aromatic heterocycles. The highest BCUT2D eigenvalue weighted by Crippen LogP contribution is 2.15. The standard InChI is InChI=1S/C16H22O4/c1-4-5-6-7-8-12-9-13(15(17)19-2)11-14(10-12)16(18)20-3/h9-11H,4-8H2,1-3H3. The van der Waals surface area contributed by atoms with Crippen molar-refractivity contribution in [1.82, 2.24) is 0 Å². The Kier molecular flexibility index (Phi) is 6.77. The lowest BCUT2D eigenvalue weighted by Crippen LogP contribution is -2.08. The molecule has 1 rings (SSSR count). The molecule has 0 N–H and O–H groups in total. The number of benzene rings is 1. The van der Waals surface area contributed by atoms with Gasteiger partial charge >= 0.3 is 11.9 Å². The highest BCUT2D eigenvalue weighted by molar-refractivity contribution is 5.95. The van der Waals surface area contributed by atoms with Crippen LogP contribution in [0.15, 0.2) is 18.2 Å². The van der Waals surface area contributed by atoms with Crippen molar-refractivity contribution < 1.29 is 19.1 Å². The van der Waals surface area contributed by atoms with Crippen LogP contribution in [0.3, 0.4) is 0 Å². The summed E-state index contributed by atoms with van der Waals surface area (Å²) in [6.45, 7) is 2.16. The van der Waals surface area contributed by atoms with E-state index in [0.29, 0.717) is 11.1 Å². The Morgan fingerprint density at radius 3 is 1.90 bits per heavy atom. The van der Waals surface area contributed by atoms with Crippen molar-refractivity contribution in [3.05, 3.63) is 34.9 Å². The van der Waals surface area contributed by atoms with E-state index >= 15 is 0 Å². The highest BCUT2D eigenvalue weighted by Gasteiger charge is 2.13. The first-order valence-electron chi connectivity index (χ1n) is 6.93. The van der Waals surface area contributed by atoms with E-state index in [4.69, 9.17) is 9.47 Å². The molecule has 0 saturated carbocycles. The molecule has 110 valence electrons. The van der Waals surface area contributed by atoms with E-state index in [1.807, 2.05) is 0 Å². The lowest BCUT2D eigenvalue weighted by atomic mass is 10.0. The number of methoxy groups -OCH3 is 2. The Hall–Kier alpha value is -1.84. The van der Waals surface area contributed by atoms with Crippen molar-refractivity contribution in [2.75, 3.05) is 14.2 Å². The fourth-order valence-electron chi connectivity index (χ4n) is 2.06. The van der Waals surface area contributed by atoms with E-state index in [1.54, 1.807) is 12.1 Å². The number of ether oxygens (including phenoxy) is 2. The Balaban J connectivity index is 2.91. The molecule has 1 aromatic rings. The van der Waals surface area contributed by atoms with Crippen LogP contribution < -0.4 is 0 Å². The molecule has 20 heavy (non-hydrogen) atoms. The van der Waals surface area contributed by atoms with Gasteiger partial charge in [0.05, 0.1) is 25.3 Å². The van der Waals surface area contributed by atoms with E-state index in [2.05, 4.69) is 6.92 Å². The molecular weight excluding hydrogens is 256 g/mol. The average Bonchev–Trinajstić information content (AvgIpc) is 2.49. The van der Waals surface area contributed by atoms with Crippen molar-refractivity contribution >= 4 is 11.9 Å². The van der Waals surface area contributed by atoms with Gasteiger partial charge in [0.2, 0.25) is 0 Å². The normalized spacial score (nSPS) is 10.2. The van der Waals surface area contributed by atoms with E-state index in [0.717, 1.165) is 24.8 Å². The molecular formula is C16H22O4. The second kappa shape index (κ2) is 8.35. The van der Waals surface area contributed by atoms with Gasteiger partial charge < -0.3 is 9.47 Å². The molecule has 0 bridgehead atoms. The number of carbonyl (C=O) groups is 2. The van der Waals surface area contributed by atoms with Crippen molar-refractivity contribution in [1.29, 1.82) is 0 Å². The smallest absolute Gasteiger partial charge is 0.337 e. The number of carbonyl (C=O) groups excluding carboxylic acids is 2. The predicted octanol–water partition coefficient (Wildman–Crippen LogP) is 3.38. The summed E-state index contributed by atoms with van der Waals surface area (Å²) < 4.78 is 9.42. The van der Waals surface area contributed by atoms with Crippen molar-refractivity contribution in [3.63, 3.8) is 0 Å². The van der Waals surface area contributed by atoms with Crippen LogP contribution >= 0.6 is 0 Å². The molecule has 4 nitrogen and oxygen atoms in total. The zero-order valence-corrected chi connectivity index (χ0v) is 12.4. The molecule has 0 fully saturated rings. The summed E-state index contributed by atoms with van der Waals surface area (Å²) in [5.74, 6) is -0.879. The van der Waals surface area contributed by atoms with Gasteiger partial charge in [0.1, 0.15) is 0 Å². The molecule has 0 spiro atoms. The van der Waals surface area contributed by atoms with Gasteiger partial charge in [0, 0.05) is 0 Å². The summed E-state index contributed by atoms with van der Waals surface area (Å²) in [7, 11) is 2.65. The van der Waals surface area contributed by atoms with Gasteiger partial charge in [-0.2, -0.15) is 0 Å². The first-order valence-corrected chi connectivity index (χ1v) is 6.93. The zero-order valence-electron chi connectivity index (χ0n) is 12.4. The third-order valence-corrected chi connectivity index (χ3v) is 3.15. The number of hydrogen-bond acceptors (Lipinski definition) is 4. The van der Waals surface area contributed by atoms with Crippen molar-refractivity contribution in [2.45, 2.75) is 39.0 Å². The van der Waals surface area contributed by atoms with Crippen LogP contribution in [0, 0.1) is 0 Å². The lowest BCUT2D eigenvalue weighted by Gasteiger charge is -2.08. The van der Waals surface area contributed by atoms with Crippen LogP contribution in [0.4, 0.5) is 0 Å². The number of esters is 2. The predicted molar refractivity (Wildman–Crippen MR) is 77.0 cm³/mol. The minimum absolute atomic E-state index is 0.390. The Bertz CT molecular complexity index is 431. The summed E-state index contributed by atoms with van der Waals surface area (Å²) in [6.07, 6.45) is 5.40. The van der Waals surface area contributed by atoms with Gasteiger partial charge in [0.15, 0.2) is 0 Å². The van der Waals surface area contributed by atoms with Gasteiger partial charge in [-0.25, -0.2) is 9.59 Å². The van der Waals surface area contributed by atoms with E-state index in [1.165, 1.54) is 33.1 Å². The topological polar surface area (TPSA) is 52.6 Å². The number of hydrogen-bond donors (Lipinski definition) is 0. The molecule has 0 atom stereocenters. The minimum atomic E-state index is -0.439. The Morgan fingerprint density at radius 2 is 1.45 bits per heavy atom. The Morgan fingerprint density at radius 1 is 0.900 bits per heavy atom. The van der Waals surface area contributed by atoms with E-state index in [9.17, 15) is 9.59 Å². The minimum Gasteiger partial charge on any atom is -0.465 e. The third kappa shape index (κ3) is 4.68. The Labute approximate surface area is 120 Å². The highest BCUT2D eigenvalue weighted by atomic mass is 16.5. The summed E-state index contributed by atoms with van der Waals surface area (Å²) in [5, 5.41) is 0. The molecule has 0 amide bonds. The SMILES string of the molecule is CCCCCCc1cc(C(=O)OC)cc(C(=O)OC)c1. The molecule has 0 aliphatic heterocycles. The number of aryl methyl sites for hydroxylation is 1. The van der Waals surface area contributed by atoms with Crippen molar-refractivity contribution in [3.8, 4) is 0 Å². The summed E-state index contributed by atoms with van der Waals surface area (Å²) in [5.41, 5.74) is 1.74. The van der Waals surface area contributed by atoms with E-state index in [-0.39, 0.29) is 0 Å². The summed E-state index contributed by atoms with van der Waals surface area (Å²) in [4.78, 5) is 23.3. The maximum atomic E-state index is 11.6. The van der Waals surface area contributed by atoms with Crippen LogP contribution in [-0.4, -0.2) is 26.2 Å². The zero-order chi connectivity index (χ0) is 15.0. The molecule has 0 unspecified atom stereocenters. The second-order valence-electron chi connectivity index (χ2n) is 4.71. The first kappa shape index (κ1) is 16.2. The van der Waals surface area contributed by atoms with Crippen LogP contribution in [0.5, 0.6) is 0 Å². The monoisotopic (exact) mass is 278 g/mol. The molecule has 0 aliphatic carbocycles. The van der Waals surface area contributed by atoms with Gasteiger partial charge in [-0.1, -0.05) is 26.2 Å². The van der Waals surface area contributed by atoms with Crippen LogP contribution in [-0.2, 0) is 15.9 Å². The fraction of sp³-hybridized carbons (Fsp3) is 0.500. The fourth-order valence-corrected chi connectivity index (χ4v) is 2.06. The summed E-state index contributed by atoms with van der Waals surface area (Å²) in [6, 6.07) is 5.07. The maximum absolute atomic E-state index is 11.6. The summed E-state index contributed by atoms with van der Waals surface area (Å²) >= 11 is 0. The van der Waals surface area contributed by atoms with Crippen LogP contribution in [0.1, 0.15) is 58.9 Å². The number of unbranched alkanes of at least 4 members (excludes halogenated alkanes) is 3. The third-order valence-electron chi connectivity index (χ3n) is 3.15. The molecule has 0 aliphatic rings. The molecule has 4 heteroatoms. The maximum Gasteiger partial charge on any atom is 0.337 e. The van der Waals surface area contributed by atoms with Gasteiger partial charge in [0.25, 0.3) is 0 Å². The number of rotatable bonds is 7. The van der Waals surface area contributed by atoms with Gasteiger partial charge in [-0.15, -0.1) is 0 Å². The molecule has 0 heterocycles. The molecule has 0 radical (unpaired) electrons. The first-order chi connectivity index (χ1) is 9.62. The molecule has 1 aromatic carbocycles. The van der Waals surface area contributed by atoms with Gasteiger partial charge in [-0.05, 0) is 36.6 Å². The quantitative estimate of drug-likeness (QED) is 0.566. The molecule has 0 saturated heterocycles. The van der Waals surface area contributed by atoms with E-state index < -0.39 is 11.9 Å². The van der Waals surface area contributed by atoms with Gasteiger partial charge in [-0.3, -0.25) is 0 Å². The second-order valence-corrected chi connectivity index (χ2v) is 4.71. The lowest BCUT2D eigenvalue weighted by molar-refractivity contribution is 0.0599. The van der Waals surface area contributed by atoms with Crippen molar-refractivity contribution in [2.24, 2.45) is 0 Å². The average molecular weight is 278 g/mol. The van der Waals surface area contributed by atoms with Crippen LogP contribution in [0.2, 0.25) is 0 Å².